The molecule has 4 heterocycles. The van der Waals surface area contributed by atoms with E-state index in [0.717, 1.165) is 18.5 Å². The maximum atomic E-state index is 12.9. The minimum absolute atomic E-state index is 0.0312. The quantitative estimate of drug-likeness (QED) is 0.600. The third-order valence-corrected chi connectivity index (χ3v) is 7.19. The Morgan fingerprint density at radius 3 is 2.35 bits per heavy atom. The molecule has 2 aromatic heterocycles. The fourth-order valence-electron chi connectivity index (χ4n) is 4.17. The van der Waals surface area contributed by atoms with Crippen LogP contribution >= 0.6 is 11.6 Å². The van der Waals surface area contributed by atoms with E-state index < -0.39 is 27.7 Å². The van der Waals surface area contributed by atoms with Gasteiger partial charge in [-0.15, -0.1) is 0 Å². The summed E-state index contributed by atoms with van der Waals surface area (Å²) in [6, 6.07) is 3.65. The predicted octanol–water partition coefficient (Wildman–Crippen LogP) is 3.20. The Labute approximate surface area is 199 Å². The number of carbonyl (C=O) groups is 1. The molecule has 0 radical (unpaired) electrons. The number of aromatic nitrogens is 2. The third kappa shape index (κ3) is 5.22. The SMILES string of the molecule is CS(=O)(=O)c1ccc(OC2CCN(C3CCN(c4ncc(C(F)(F)F)cc4Cl)CC3)C2=O)cn1. The average Bonchev–Trinajstić information content (AvgIpc) is 3.13. The topological polar surface area (TPSA) is 92.7 Å². The number of pyridine rings is 2. The molecular formula is C21H22ClF3N4O4S. The molecule has 0 saturated carbocycles. The number of halogens is 4. The van der Waals surface area contributed by atoms with Crippen LogP contribution in [0.5, 0.6) is 5.75 Å². The molecule has 2 fully saturated rings. The molecule has 2 aromatic rings. The Hall–Kier alpha value is -2.60. The standard InChI is InChI=1S/C21H22ClF3N4O4S/c1-34(31,32)18-3-2-15(12-26-18)33-17-6-9-29(20(17)30)14-4-7-28(8-5-14)19-16(22)10-13(11-27-19)21(23,24)25/h2-3,10-12,14,17H,4-9H2,1H3. The lowest BCUT2D eigenvalue weighted by atomic mass is 10.0. The Morgan fingerprint density at radius 1 is 1.09 bits per heavy atom. The van der Waals surface area contributed by atoms with Crippen molar-refractivity contribution >= 4 is 33.2 Å². The molecule has 0 aromatic carbocycles. The number of anilines is 1. The number of ether oxygens (including phenoxy) is 1. The molecule has 0 aliphatic carbocycles. The van der Waals surface area contributed by atoms with Crippen molar-refractivity contribution in [1.29, 1.82) is 0 Å². The maximum Gasteiger partial charge on any atom is 0.417 e. The van der Waals surface area contributed by atoms with Gasteiger partial charge in [-0.05, 0) is 31.0 Å². The molecule has 1 atom stereocenters. The molecule has 1 amide bonds. The van der Waals surface area contributed by atoms with Crippen molar-refractivity contribution in [2.24, 2.45) is 0 Å². The molecule has 0 bridgehead atoms. The van der Waals surface area contributed by atoms with Crippen LogP contribution in [0.15, 0.2) is 35.6 Å². The summed E-state index contributed by atoms with van der Waals surface area (Å²) in [6.07, 6.45) is -0.370. The summed E-state index contributed by atoms with van der Waals surface area (Å²) in [5.41, 5.74) is -0.897. The molecule has 34 heavy (non-hydrogen) atoms. The Balaban J connectivity index is 1.34. The molecule has 2 saturated heterocycles. The van der Waals surface area contributed by atoms with E-state index in [1.807, 2.05) is 4.90 Å². The first kappa shape index (κ1) is 24.5. The van der Waals surface area contributed by atoms with Crippen LogP contribution in [0.4, 0.5) is 19.0 Å². The molecule has 4 rings (SSSR count). The highest BCUT2D eigenvalue weighted by Crippen LogP contribution is 2.35. The highest BCUT2D eigenvalue weighted by molar-refractivity contribution is 7.90. The summed E-state index contributed by atoms with van der Waals surface area (Å²) in [5, 5.41) is -0.136. The largest absolute Gasteiger partial charge is 0.479 e. The number of rotatable bonds is 5. The zero-order valence-corrected chi connectivity index (χ0v) is 19.7. The second kappa shape index (κ2) is 9.21. The molecule has 13 heteroatoms. The number of sulfone groups is 1. The van der Waals surface area contributed by atoms with Crippen LogP contribution in [-0.2, 0) is 20.8 Å². The minimum Gasteiger partial charge on any atom is -0.479 e. The highest BCUT2D eigenvalue weighted by atomic mass is 35.5. The molecule has 0 N–H and O–H groups in total. The van der Waals surface area contributed by atoms with Gasteiger partial charge in [-0.1, -0.05) is 11.6 Å². The van der Waals surface area contributed by atoms with E-state index in [2.05, 4.69) is 9.97 Å². The number of hydrogen-bond acceptors (Lipinski definition) is 7. The number of hydrogen-bond donors (Lipinski definition) is 0. The van der Waals surface area contributed by atoms with Crippen LogP contribution in [0.1, 0.15) is 24.8 Å². The fourth-order valence-corrected chi connectivity index (χ4v) is 5.02. The molecule has 184 valence electrons. The van der Waals surface area contributed by atoms with Crippen molar-refractivity contribution in [2.45, 2.75) is 42.6 Å². The van der Waals surface area contributed by atoms with E-state index in [-0.39, 0.29) is 22.0 Å². The maximum absolute atomic E-state index is 12.9. The number of piperidine rings is 1. The lowest BCUT2D eigenvalue weighted by molar-refractivity contribution is -0.138. The molecule has 2 aliphatic rings. The zero-order valence-electron chi connectivity index (χ0n) is 18.1. The third-order valence-electron chi connectivity index (χ3n) is 5.91. The van der Waals surface area contributed by atoms with Gasteiger partial charge in [0.2, 0.25) is 0 Å². The summed E-state index contributed by atoms with van der Waals surface area (Å²) < 4.78 is 67.3. The number of likely N-dealkylation sites (tertiary alicyclic amines) is 1. The molecular weight excluding hydrogens is 497 g/mol. The van der Waals surface area contributed by atoms with Crippen molar-refractivity contribution in [1.82, 2.24) is 14.9 Å². The van der Waals surface area contributed by atoms with Crippen LogP contribution in [0.25, 0.3) is 0 Å². The first-order chi connectivity index (χ1) is 15.9. The van der Waals surface area contributed by atoms with Gasteiger partial charge in [-0.2, -0.15) is 13.2 Å². The van der Waals surface area contributed by atoms with E-state index in [4.69, 9.17) is 16.3 Å². The first-order valence-corrected chi connectivity index (χ1v) is 12.8. The summed E-state index contributed by atoms with van der Waals surface area (Å²) >= 11 is 6.06. The van der Waals surface area contributed by atoms with Crippen molar-refractivity contribution < 1.29 is 31.1 Å². The van der Waals surface area contributed by atoms with Crippen molar-refractivity contribution in [2.75, 3.05) is 30.8 Å². The first-order valence-electron chi connectivity index (χ1n) is 10.5. The van der Waals surface area contributed by atoms with Gasteiger partial charge < -0.3 is 14.5 Å². The zero-order chi connectivity index (χ0) is 24.7. The Bertz CT molecular complexity index is 1170. The van der Waals surface area contributed by atoms with E-state index >= 15 is 0 Å². The number of amides is 1. The number of alkyl halides is 3. The van der Waals surface area contributed by atoms with Gasteiger partial charge in [0, 0.05) is 44.5 Å². The number of nitrogens with zero attached hydrogens (tertiary/aromatic N) is 4. The van der Waals surface area contributed by atoms with Crippen molar-refractivity contribution in [3.05, 3.63) is 41.2 Å². The monoisotopic (exact) mass is 518 g/mol. The van der Waals surface area contributed by atoms with E-state index in [1.165, 1.54) is 18.3 Å². The van der Waals surface area contributed by atoms with Crippen LogP contribution in [0.2, 0.25) is 5.02 Å². The number of carbonyl (C=O) groups excluding carboxylic acids is 1. The molecule has 2 aliphatic heterocycles. The average molecular weight is 519 g/mol. The van der Waals surface area contributed by atoms with Crippen LogP contribution < -0.4 is 9.64 Å². The summed E-state index contributed by atoms with van der Waals surface area (Å²) in [4.78, 5) is 24.3. The van der Waals surface area contributed by atoms with Crippen LogP contribution in [-0.4, -0.2) is 67.2 Å². The Morgan fingerprint density at radius 2 is 1.79 bits per heavy atom. The summed E-state index contributed by atoms with van der Waals surface area (Å²) in [7, 11) is -3.43. The van der Waals surface area contributed by atoms with E-state index in [0.29, 0.717) is 50.5 Å². The predicted molar refractivity (Wildman–Crippen MR) is 118 cm³/mol. The van der Waals surface area contributed by atoms with Crippen molar-refractivity contribution in [3.8, 4) is 5.75 Å². The van der Waals surface area contributed by atoms with Gasteiger partial charge >= 0.3 is 6.18 Å². The second-order valence-corrected chi connectivity index (χ2v) is 10.6. The van der Waals surface area contributed by atoms with Gasteiger partial charge in [0.25, 0.3) is 5.91 Å². The van der Waals surface area contributed by atoms with Gasteiger partial charge in [0.05, 0.1) is 16.8 Å². The highest BCUT2D eigenvalue weighted by Gasteiger charge is 2.39. The van der Waals surface area contributed by atoms with Crippen LogP contribution in [0.3, 0.4) is 0 Å². The Kier molecular flexibility index (Phi) is 6.65. The van der Waals surface area contributed by atoms with Gasteiger partial charge in [-0.25, -0.2) is 18.4 Å². The van der Waals surface area contributed by atoms with Gasteiger partial charge in [0.1, 0.15) is 11.6 Å². The van der Waals surface area contributed by atoms with Gasteiger partial charge in [-0.3, -0.25) is 4.79 Å². The van der Waals surface area contributed by atoms with Crippen LogP contribution in [0, 0.1) is 0 Å². The smallest absolute Gasteiger partial charge is 0.417 e. The minimum atomic E-state index is -4.51. The lowest BCUT2D eigenvalue weighted by Crippen LogP contribution is -2.47. The van der Waals surface area contributed by atoms with E-state index in [1.54, 1.807) is 4.90 Å². The normalized spacial score (nSPS) is 20.1. The van der Waals surface area contributed by atoms with Gasteiger partial charge in [0.15, 0.2) is 21.0 Å². The lowest BCUT2D eigenvalue weighted by Gasteiger charge is -2.37. The van der Waals surface area contributed by atoms with Crippen molar-refractivity contribution in [3.63, 3.8) is 0 Å². The fraction of sp³-hybridized carbons (Fsp3) is 0.476. The summed E-state index contributed by atoms with van der Waals surface area (Å²) in [5.74, 6) is 0.453. The molecule has 0 spiro atoms. The second-order valence-electron chi connectivity index (χ2n) is 8.28. The van der Waals surface area contributed by atoms with E-state index in [9.17, 15) is 26.4 Å². The molecule has 8 nitrogen and oxygen atoms in total. The summed E-state index contributed by atoms with van der Waals surface area (Å²) in [6.45, 7) is 1.51. The molecule has 1 unspecified atom stereocenters.